The van der Waals surface area contributed by atoms with Crippen LogP contribution in [0.25, 0.3) is 77.2 Å². The second-order valence-electron chi connectivity index (χ2n) is 11.4. The van der Waals surface area contributed by atoms with Crippen LogP contribution in [0.2, 0.25) is 0 Å². The van der Waals surface area contributed by atoms with Gasteiger partial charge in [0.15, 0.2) is 0 Å². The van der Waals surface area contributed by atoms with Crippen molar-refractivity contribution in [2.24, 2.45) is 0 Å². The van der Waals surface area contributed by atoms with Crippen molar-refractivity contribution in [3.8, 4) is 33.6 Å². The summed E-state index contributed by atoms with van der Waals surface area (Å²) in [6.07, 6.45) is 0. The highest BCUT2D eigenvalue weighted by Gasteiger charge is 2.16. The molecule has 0 aliphatic rings. The molecule has 2 heteroatoms. The molecule has 206 valence electrons. The third-order valence-electron chi connectivity index (χ3n) is 8.94. The van der Waals surface area contributed by atoms with Gasteiger partial charge >= 0.3 is 0 Å². The van der Waals surface area contributed by atoms with Crippen LogP contribution in [0.3, 0.4) is 0 Å². The maximum atomic E-state index is 2.41. The Kier molecular flexibility index (Phi) is 5.54. The molecule has 0 bridgehead atoms. The maximum Gasteiger partial charge on any atom is 0.0541 e. The number of aromatic nitrogens is 2. The zero-order valence-corrected chi connectivity index (χ0v) is 24.1. The van der Waals surface area contributed by atoms with E-state index in [2.05, 4.69) is 179 Å². The molecule has 2 aromatic heterocycles. The summed E-state index contributed by atoms with van der Waals surface area (Å²) >= 11 is 0. The number of para-hydroxylation sites is 5. The molecule has 2 heterocycles. The summed E-state index contributed by atoms with van der Waals surface area (Å²) < 4.78 is 4.78. The van der Waals surface area contributed by atoms with Crippen molar-refractivity contribution in [3.05, 3.63) is 170 Å². The van der Waals surface area contributed by atoms with Crippen LogP contribution in [0.15, 0.2) is 170 Å². The van der Waals surface area contributed by atoms with E-state index in [4.69, 9.17) is 0 Å². The van der Waals surface area contributed by atoms with Crippen LogP contribution < -0.4 is 0 Å². The van der Waals surface area contributed by atoms with Crippen LogP contribution in [-0.2, 0) is 0 Å². The van der Waals surface area contributed by atoms with Gasteiger partial charge in [-0.25, -0.2) is 0 Å². The molecule has 9 aromatic rings. The Morgan fingerprint density at radius 2 is 0.750 bits per heavy atom. The van der Waals surface area contributed by atoms with Crippen LogP contribution in [0.5, 0.6) is 0 Å². The summed E-state index contributed by atoms with van der Waals surface area (Å²) in [4.78, 5) is 0. The van der Waals surface area contributed by atoms with Gasteiger partial charge in [0.25, 0.3) is 0 Å². The minimum Gasteiger partial charge on any atom is -0.309 e. The lowest BCUT2D eigenvalue weighted by Crippen LogP contribution is -1.97. The third-order valence-corrected chi connectivity index (χ3v) is 8.94. The molecule has 0 saturated carbocycles. The summed E-state index contributed by atoms with van der Waals surface area (Å²) in [6, 6.07) is 61.4. The fourth-order valence-corrected chi connectivity index (χ4v) is 6.96. The van der Waals surface area contributed by atoms with Gasteiger partial charge in [0.1, 0.15) is 0 Å². The summed E-state index contributed by atoms with van der Waals surface area (Å²) in [5.41, 5.74) is 12.1. The lowest BCUT2D eigenvalue weighted by Gasteiger charge is -2.15. The van der Waals surface area contributed by atoms with E-state index in [0.29, 0.717) is 0 Å². The van der Waals surface area contributed by atoms with Crippen LogP contribution >= 0.6 is 0 Å². The van der Waals surface area contributed by atoms with Gasteiger partial charge in [0.05, 0.1) is 27.8 Å². The van der Waals surface area contributed by atoms with E-state index in [1.54, 1.807) is 0 Å². The van der Waals surface area contributed by atoms with E-state index >= 15 is 0 Å². The largest absolute Gasteiger partial charge is 0.309 e. The fraction of sp³-hybridized carbons (Fsp3) is 0. The van der Waals surface area contributed by atoms with Gasteiger partial charge in [-0.05, 0) is 65.2 Å². The minimum absolute atomic E-state index is 1.17. The van der Waals surface area contributed by atoms with Gasteiger partial charge in [-0.15, -0.1) is 0 Å². The first kappa shape index (κ1) is 24.7. The van der Waals surface area contributed by atoms with Gasteiger partial charge in [-0.2, -0.15) is 0 Å². The summed E-state index contributed by atoms with van der Waals surface area (Å²) in [5, 5.41) is 5.11. The van der Waals surface area contributed by atoms with E-state index in [9.17, 15) is 0 Å². The summed E-state index contributed by atoms with van der Waals surface area (Å²) in [5.74, 6) is 0. The highest BCUT2D eigenvalue weighted by atomic mass is 15.0. The van der Waals surface area contributed by atoms with Crippen molar-refractivity contribution < 1.29 is 0 Å². The summed E-state index contributed by atoms with van der Waals surface area (Å²) in [6.45, 7) is 0. The van der Waals surface area contributed by atoms with E-state index in [-0.39, 0.29) is 0 Å². The molecule has 7 aromatic carbocycles. The Bertz CT molecular complexity index is 2390. The first-order chi connectivity index (χ1) is 21.8. The number of hydrogen-bond donors (Lipinski definition) is 0. The fourth-order valence-electron chi connectivity index (χ4n) is 6.96. The predicted octanol–water partition coefficient (Wildman–Crippen LogP) is 11.2. The molecule has 0 spiro atoms. The highest BCUT2D eigenvalue weighted by Crippen LogP contribution is 2.37. The Morgan fingerprint density at radius 1 is 0.295 bits per heavy atom. The zero-order valence-electron chi connectivity index (χ0n) is 24.1. The molecule has 0 atom stereocenters. The van der Waals surface area contributed by atoms with Gasteiger partial charge < -0.3 is 9.13 Å². The van der Waals surface area contributed by atoms with Crippen molar-refractivity contribution >= 4 is 43.6 Å². The standard InChI is InChI=1S/C42H28N2/c1-6-19-38(44-41-22-9-4-17-36(41)37-18-5-10-23-42(37)44)33(14-1)31-13-11-12-30(28-31)29-24-26-32(27-25-29)43-39-20-7-2-15-34(39)35-16-3-8-21-40(35)43/h1-28H. The zero-order chi connectivity index (χ0) is 29.0. The molecule has 9 rings (SSSR count). The lowest BCUT2D eigenvalue weighted by molar-refractivity contribution is 1.18. The Labute approximate surface area is 255 Å². The normalized spacial score (nSPS) is 11.6. The molecule has 0 aliphatic carbocycles. The molecule has 2 nitrogen and oxygen atoms in total. The molecular weight excluding hydrogens is 532 g/mol. The van der Waals surface area contributed by atoms with Crippen molar-refractivity contribution in [2.75, 3.05) is 0 Å². The van der Waals surface area contributed by atoms with Gasteiger partial charge in [0.2, 0.25) is 0 Å². The molecule has 0 radical (unpaired) electrons. The maximum absolute atomic E-state index is 2.41. The Balaban J connectivity index is 1.15. The highest BCUT2D eigenvalue weighted by molar-refractivity contribution is 6.10. The van der Waals surface area contributed by atoms with Crippen LogP contribution in [0.4, 0.5) is 0 Å². The topological polar surface area (TPSA) is 9.86 Å². The lowest BCUT2D eigenvalue weighted by atomic mass is 9.97. The van der Waals surface area contributed by atoms with E-state index in [1.807, 2.05) is 0 Å². The number of benzene rings is 7. The number of hydrogen-bond acceptors (Lipinski definition) is 0. The number of nitrogens with zero attached hydrogens (tertiary/aromatic N) is 2. The van der Waals surface area contributed by atoms with Gasteiger partial charge in [0, 0.05) is 32.8 Å². The first-order valence-electron chi connectivity index (χ1n) is 15.1. The SMILES string of the molecule is c1cc(-c2ccc(-n3c4ccccc4c4ccccc43)cc2)cc(-c2ccccc2-n2c3ccccc3c3ccccc32)c1. The molecule has 0 amide bonds. The molecule has 44 heavy (non-hydrogen) atoms. The minimum atomic E-state index is 1.17. The van der Waals surface area contributed by atoms with Crippen molar-refractivity contribution in [2.45, 2.75) is 0 Å². The van der Waals surface area contributed by atoms with Crippen LogP contribution in [-0.4, -0.2) is 9.13 Å². The van der Waals surface area contributed by atoms with Crippen molar-refractivity contribution in [3.63, 3.8) is 0 Å². The van der Waals surface area contributed by atoms with E-state index < -0.39 is 0 Å². The van der Waals surface area contributed by atoms with Gasteiger partial charge in [-0.1, -0.05) is 121 Å². The monoisotopic (exact) mass is 560 g/mol. The molecule has 0 saturated heterocycles. The summed E-state index contributed by atoms with van der Waals surface area (Å²) in [7, 11) is 0. The number of fused-ring (bicyclic) bond motifs is 6. The molecular formula is C42H28N2. The van der Waals surface area contributed by atoms with E-state index in [1.165, 1.54) is 77.2 Å². The average Bonchev–Trinajstić information content (AvgIpc) is 3.62. The van der Waals surface area contributed by atoms with E-state index in [0.717, 1.165) is 0 Å². The van der Waals surface area contributed by atoms with Gasteiger partial charge in [-0.3, -0.25) is 0 Å². The first-order valence-corrected chi connectivity index (χ1v) is 15.1. The molecule has 0 fully saturated rings. The van der Waals surface area contributed by atoms with Crippen molar-refractivity contribution in [1.29, 1.82) is 0 Å². The molecule has 0 aliphatic heterocycles. The second-order valence-corrected chi connectivity index (χ2v) is 11.4. The van der Waals surface area contributed by atoms with Crippen LogP contribution in [0.1, 0.15) is 0 Å². The Hall–Kier alpha value is -5.86. The third kappa shape index (κ3) is 3.75. The quantitative estimate of drug-likeness (QED) is 0.203. The molecule has 0 unspecified atom stereocenters. The Morgan fingerprint density at radius 3 is 1.32 bits per heavy atom. The second kappa shape index (κ2) is 9.86. The smallest absolute Gasteiger partial charge is 0.0541 e. The average molecular weight is 561 g/mol. The number of rotatable bonds is 4. The van der Waals surface area contributed by atoms with Crippen LogP contribution in [0, 0.1) is 0 Å². The van der Waals surface area contributed by atoms with Crippen molar-refractivity contribution in [1.82, 2.24) is 9.13 Å². The molecule has 0 N–H and O–H groups in total. The predicted molar refractivity (Wildman–Crippen MR) is 186 cm³/mol.